The topological polar surface area (TPSA) is 46.5 Å². The van der Waals surface area contributed by atoms with Crippen molar-refractivity contribution in [2.45, 2.75) is 19.3 Å². The maximum atomic E-state index is 10.6. The summed E-state index contributed by atoms with van der Waals surface area (Å²) in [4.78, 5) is 10.6. The molecule has 1 unspecified atom stereocenters. The molecule has 1 aliphatic carbocycles. The number of hydrogen-bond acceptors (Lipinski definition) is 2. The number of ether oxygens (including phenoxy) is 1. The average Bonchev–Trinajstić information content (AvgIpc) is 2.57. The molecule has 15 heavy (non-hydrogen) atoms. The molecule has 0 saturated heterocycles. The van der Waals surface area contributed by atoms with Gasteiger partial charge in [-0.05, 0) is 42.0 Å². The Balaban J connectivity index is 2.13. The van der Waals surface area contributed by atoms with Gasteiger partial charge in [0.1, 0.15) is 5.75 Å². The smallest absolute Gasteiger partial charge is 0.303 e. The first kappa shape index (κ1) is 10.0. The van der Waals surface area contributed by atoms with Crippen LogP contribution in [0.2, 0.25) is 0 Å². The summed E-state index contributed by atoms with van der Waals surface area (Å²) in [6.45, 7) is 0. The quantitative estimate of drug-likeness (QED) is 0.821. The second-order valence-electron chi connectivity index (χ2n) is 4.01. The number of rotatable bonds is 3. The van der Waals surface area contributed by atoms with E-state index in [4.69, 9.17) is 9.84 Å². The Bertz CT molecular complexity index is 384. The Hall–Kier alpha value is -1.51. The van der Waals surface area contributed by atoms with Crippen LogP contribution in [-0.2, 0) is 17.6 Å². The summed E-state index contributed by atoms with van der Waals surface area (Å²) in [5.74, 6) is 0.397. The second kappa shape index (κ2) is 3.93. The van der Waals surface area contributed by atoms with E-state index in [1.54, 1.807) is 7.11 Å². The standard InChI is InChI=1S/C12H14O3/c1-15-11-3-2-9-4-8(6-12(13)14)5-10(9)7-11/h2-3,7-8H,4-6H2,1H3,(H,13,14). The van der Waals surface area contributed by atoms with Crippen molar-refractivity contribution in [1.29, 1.82) is 0 Å². The molecule has 0 radical (unpaired) electrons. The molecule has 0 spiro atoms. The lowest BCUT2D eigenvalue weighted by Gasteiger charge is -2.03. The van der Waals surface area contributed by atoms with Crippen LogP contribution >= 0.6 is 0 Å². The third-order valence-electron chi connectivity index (χ3n) is 2.89. The lowest BCUT2D eigenvalue weighted by atomic mass is 10.0. The van der Waals surface area contributed by atoms with Crippen LogP contribution in [0.25, 0.3) is 0 Å². The summed E-state index contributed by atoms with van der Waals surface area (Å²) in [6, 6.07) is 5.98. The number of carbonyl (C=O) groups is 1. The molecule has 0 saturated carbocycles. The maximum absolute atomic E-state index is 10.6. The van der Waals surface area contributed by atoms with Gasteiger partial charge in [-0.1, -0.05) is 6.07 Å². The van der Waals surface area contributed by atoms with Crippen LogP contribution in [0.4, 0.5) is 0 Å². The summed E-state index contributed by atoms with van der Waals surface area (Å²) in [5.41, 5.74) is 2.50. The molecule has 1 aromatic carbocycles. The molecule has 2 rings (SSSR count). The zero-order chi connectivity index (χ0) is 10.8. The lowest BCUT2D eigenvalue weighted by Crippen LogP contribution is -2.07. The number of methoxy groups -OCH3 is 1. The van der Waals surface area contributed by atoms with E-state index in [1.807, 2.05) is 18.2 Å². The normalized spacial score (nSPS) is 18.6. The SMILES string of the molecule is COc1ccc2c(c1)CC(CC(=O)O)C2. The van der Waals surface area contributed by atoms with Crippen LogP contribution in [0.3, 0.4) is 0 Å². The lowest BCUT2D eigenvalue weighted by molar-refractivity contribution is -0.138. The predicted octanol–water partition coefficient (Wildman–Crippen LogP) is 1.88. The van der Waals surface area contributed by atoms with Crippen molar-refractivity contribution in [3.05, 3.63) is 29.3 Å². The summed E-state index contributed by atoms with van der Waals surface area (Å²) in [7, 11) is 1.64. The minimum atomic E-state index is -0.709. The Morgan fingerprint density at radius 1 is 1.47 bits per heavy atom. The van der Waals surface area contributed by atoms with E-state index in [0.29, 0.717) is 0 Å². The molecule has 1 N–H and O–H groups in total. The molecule has 3 heteroatoms. The number of carboxylic acids is 1. The molecule has 1 aromatic rings. The molecule has 80 valence electrons. The van der Waals surface area contributed by atoms with Crippen LogP contribution in [0.5, 0.6) is 5.75 Å². The fourth-order valence-electron chi connectivity index (χ4n) is 2.20. The highest BCUT2D eigenvalue weighted by molar-refractivity contribution is 5.67. The Morgan fingerprint density at radius 2 is 2.20 bits per heavy atom. The monoisotopic (exact) mass is 206 g/mol. The Labute approximate surface area is 88.7 Å². The van der Waals surface area contributed by atoms with Gasteiger partial charge in [0.25, 0.3) is 0 Å². The van der Waals surface area contributed by atoms with Gasteiger partial charge in [-0.3, -0.25) is 4.79 Å². The van der Waals surface area contributed by atoms with Crippen molar-refractivity contribution in [3.8, 4) is 5.75 Å². The van der Waals surface area contributed by atoms with Crippen LogP contribution < -0.4 is 4.74 Å². The second-order valence-corrected chi connectivity index (χ2v) is 4.01. The van der Waals surface area contributed by atoms with Crippen LogP contribution in [0.15, 0.2) is 18.2 Å². The van der Waals surface area contributed by atoms with Crippen molar-refractivity contribution in [1.82, 2.24) is 0 Å². The van der Waals surface area contributed by atoms with Crippen molar-refractivity contribution in [3.63, 3.8) is 0 Å². The fourth-order valence-corrected chi connectivity index (χ4v) is 2.20. The maximum Gasteiger partial charge on any atom is 0.303 e. The molecule has 0 fully saturated rings. The van der Waals surface area contributed by atoms with E-state index in [0.717, 1.165) is 18.6 Å². The molecule has 1 atom stereocenters. The minimum absolute atomic E-state index is 0.254. The van der Waals surface area contributed by atoms with E-state index >= 15 is 0 Å². The highest BCUT2D eigenvalue weighted by atomic mass is 16.5. The molecule has 0 aromatic heterocycles. The Morgan fingerprint density at radius 3 is 2.87 bits per heavy atom. The first-order valence-corrected chi connectivity index (χ1v) is 5.06. The third kappa shape index (κ3) is 2.12. The van der Waals surface area contributed by atoms with Gasteiger partial charge in [-0.2, -0.15) is 0 Å². The number of benzene rings is 1. The summed E-state index contributed by atoms with van der Waals surface area (Å²) in [6.07, 6.45) is 2.00. The molecule has 0 heterocycles. The van der Waals surface area contributed by atoms with Gasteiger partial charge in [0.05, 0.1) is 7.11 Å². The van der Waals surface area contributed by atoms with Crippen molar-refractivity contribution < 1.29 is 14.6 Å². The highest BCUT2D eigenvalue weighted by Crippen LogP contribution is 2.31. The van der Waals surface area contributed by atoms with E-state index in [-0.39, 0.29) is 12.3 Å². The van der Waals surface area contributed by atoms with Gasteiger partial charge in [-0.15, -0.1) is 0 Å². The number of hydrogen-bond donors (Lipinski definition) is 1. The number of fused-ring (bicyclic) bond motifs is 1. The first-order valence-electron chi connectivity index (χ1n) is 5.06. The molecule has 0 aliphatic heterocycles. The van der Waals surface area contributed by atoms with Gasteiger partial charge in [0.15, 0.2) is 0 Å². The van der Waals surface area contributed by atoms with Crippen molar-refractivity contribution in [2.75, 3.05) is 7.11 Å². The summed E-state index contributed by atoms with van der Waals surface area (Å²) >= 11 is 0. The number of carboxylic acid groups (broad SMARTS) is 1. The van der Waals surface area contributed by atoms with Crippen molar-refractivity contribution in [2.24, 2.45) is 5.92 Å². The van der Waals surface area contributed by atoms with Gasteiger partial charge >= 0.3 is 5.97 Å². The van der Waals surface area contributed by atoms with Gasteiger partial charge in [0.2, 0.25) is 0 Å². The van der Waals surface area contributed by atoms with Crippen LogP contribution in [-0.4, -0.2) is 18.2 Å². The summed E-state index contributed by atoms with van der Waals surface area (Å²) in [5, 5.41) is 8.73. The fraction of sp³-hybridized carbons (Fsp3) is 0.417. The van der Waals surface area contributed by atoms with E-state index in [1.165, 1.54) is 11.1 Å². The predicted molar refractivity (Wildman–Crippen MR) is 56.1 cm³/mol. The van der Waals surface area contributed by atoms with Crippen LogP contribution in [0.1, 0.15) is 17.5 Å². The van der Waals surface area contributed by atoms with Crippen LogP contribution in [0, 0.1) is 5.92 Å². The zero-order valence-corrected chi connectivity index (χ0v) is 8.69. The van der Waals surface area contributed by atoms with Gasteiger partial charge in [0, 0.05) is 6.42 Å². The highest BCUT2D eigenvalue weighted by Gasteiger charge is 2.23. The first-order chi connectivity index (χ1) is 7.19. The average molecular weight is 206 g/mol. The summed E-state index contributed by atoms with van der Waals surface area (Å²) < 4.78 is 5.14. The molecule has 0 bridgehead atoms. The van der Waals surface area contributed by atoms with E-state index in [9.17, 15) is 4.79 Å². The van der Waals surface area contributed by atoms with E-state index in [2.05, 4.69) is 0 Å². The van der Waals surface area contributed by atoms with Crippen molar-refractivity contribution >= 4 is 5.97 Å². The Kier molecular flexibility index (Phi) is 2.62. The largest absolute Gasteiger partial charge is 0.497 e. The van der Waals surface area contributed by atoms with Gasteiger partial charge < -0.3 is 9.84 Å². The molecule has 3 nitrogen and oxygen atoms in total. The zero-order valence-electron chi connectivity index (χ0n) is 8.69. The number of aliphatic carboxylic acids is 1. The minimum Gasteiger partial charge on any atom is -0.497 e. The van der Waals surface area contributed by atoms with E-state index < -0.39 is 5.97 Å². The molecule has 1 aliphatic rings. The molecule has 0 amide bonds. The molecular weight excluding hydrogens is 192 g/mol. The third-order valence-corrected chi connectivity index (χ3v) is 2.89. The van der Waals surface area contributed by atoms with Gasteiger partial charge in [-0.25, -0.2) is 0 Å². The molecular formula is C12H14O3.